The zero-order chi connectivity index (χ0) is 19.4. The molecule has 0 spiro atoms. The number of hydrogen-bond donors (Lipinski definition) is 2. The standard InChI is InChI=1S/C20H21N3O3S/c1-12-5-6-14(7-13(12)2)18-11-27-20(22-18)23-19(24)21-15-8-16(25-3)10-17(9-15)26-4/h5-11H,1-4H3,(H2,21,22,23,24). The molecule has 0 aliphatic carbocycles. The van der Waals surface area contributed by atoms with Gasteiger partial charge in [-0.25, -0.2) is 9.78 Å². The average Bonchev–Trinajstić information content (AvgIpc) is 3.11. The Morgan fingerprint density at radius 1 is 0.963 bits per heavy atom. The van der Waals surface area contributed by atoms with Gasteiger partial charge in [0.15, 0.2) is 5.13 Å². The van der Waals surface area contributed by atoms with Crippen LogP contribution in [0.1, 0.15) is 11.1 Å². The van der Waals surface area contributed by atoms with Crippen LogP contribution in [-0.2, 0) is 0 Å². The van der Waals surface area contributed by atoms with E-state index in [1.54, 1.807) is 32.4 Å². The molecule has 0 saturated carbocycles. The predicted molar refractivity (Wildman–Crippen MR) is 109 cm³/mol. The first-order valence-electron chi connectivity index (χ1n) is 8.32. The number of benzene rings is 2. The van der Waals surface area contributed by atoms with Gasteiger partial charge in [0, 0.05) is 34.8 Å². The topological polar surface area (TPSA) is 72.5 Å². The van der Waals surface area contributed by atoms with E-state index in [4.69, 9.17) is 9.47 Å². The van der Waals surface area contributed by atoms with Gasteiger partial charge in [0.25, 0.3) is 0 Å². The zero-order valence-electron chi connectivity index (χ0n) is 15.6. The van der Waals surface area contributed by atoms with Crippen LogP contribution < -0.4 is 20.1 Å². The van der Waals surface area contributed by atoms with Crippen LogP contribution in [0.25, 0.3) is 11.3 Å². The Morgan fingerprint density at radius 2 is 1.67 bits per heavy atom. The van der Waals surface area contributed by atoms with E-state index >= 15 is 0 Å². The fourth-order valence-corrected chi connectivity index (χ4v) is 3.22. The van der Waals surface area contributed by atoms with E-state index in [0.29, 0.717) is 22.3 Å². The van der Waals surface area contributed by atoms with Crippen molar-refractivity contribution < 1.29 is 14.3 Å². The molecule has 0 radical (unpaired) electrons. The predicted octanol–water partition coefficient (Wildman–Crippen LogP) is 5.09. The number of rotatable bonds is 5. The maximum atomic E-state index is 12.3. The Balaban J connectivity index is 1.70. The molecule has 1 aromatic heterocycles. The van der Waals surface area contributed by atoms with E-state index in [2.05, 4.69) is 41.6 Å². The van der Waals surface area contributed by atoms with Crippen molar-refractivity contribution in [3.63, 3.8) is 0 Å². The van der Waals surface area contributed by atoms with Crippen LogP contribution in [0.15, 0.2) is 41.8 Å². The third kappa shape index (κ3) is 4.57. The monoisotopic (exact) mass is 383 g/mol. The fraction of sp³-hybridized carbons (Fsp3) is 0.200. The highest BCUT2D eigenvalue weighted by Crippen LogP contribution is 2.28. The number of amides is 2. The second kappa shape index (κ2) is 8.09. The van der Waals surface area contributed by atoms with Crippen molar-refractivity contribution in [3.05, 3.63) is 52.9 Å². The number of ether oxygens (including phenoxy) is 2. The summed E-state index contributed by atoms with van der Waals surface area (Å²) in [6.07, 6.45) is 0. The minimum atomic E-state index is -0.383. The molecular weight excluding hydrogens is 362 g/mol. The summed E-state index contributed by atoms with van der Waals surface area (Å²) in [5, 5.41) is 7.97. The molecule has 7 heteroatoms. The zero-order valence-corrected chi connectivity index (χ0v) is 16.4. The van der Waals surface area contributed by atoms with Gasteiger partial charge in [0.2, 0.25) is 0 Å². The molecule has 3 aromatic rings. The quantitative estimate of drug-likeness (QED) is 0.644. The van der Waals surface area contributed by atoms with Crippen LogP contribution in [-0.4, -0.2) is 25.2 Å². The molecule has 6 nitrogen and oxygen atoms in total. The summed E-state index contributed by atoms with van der Waals surface area (Å²) in [5.41, 5.74) is 4.87. The number of aromatic nitrogens is 1. The van der Waals surface area contributed by atoms with E-state index < -0.39 is 0 Å². The van der Waals surface area contributed by atoms with Crippen LogP contribution in [0.3, 0.4) is 0 Å². The second-order valence-electron chi connectivity index (χ2n) is 6.02. The molecule has 1 heterocycles. The molecule has 0 aliphatic heterocycles. The summed E-state index contributed by atoms with van der Waals surface area (Å²) >= 11 is 1.38. The summed E-state index contributed by atoms with van der Waals surface area (Å²) in [6.45, 7) is 4.14. The summed E-state index contributed by atoms with van der Waals surface area (Å²) in [5.74, 6) is 1.19. The number of urea groups is 1. The lowest BCUT2D eigenvalue weighted by molar-refractivity contribution is 0.262. The Hall–Kier alpha value is -3.06. The molecule has 27 heavy (non-hydrogen) atoms. The number of carbonyl (C=O) groups is 1. The summed E-state index contributed by atoms with van der Waals surface area (Å²) in [7, 11) is 3.12. The number of hydrogen-bond acceptors (Lipinski definition) is 5. The highest BCUT2D eigenvalue weighted by molar-refractivity contribution is 7.14. The normalized spacial score (nSPS) is 10.4. The Labute approximate surface area is 162 Å². The minimum Gasteiger partial charge on any atom is -0.497 e. The van der Waals surface area contributed by atoms with E-state index in [9.17, 15) is 4.79 Å². The Bertz CT molecular complexity index is 947. The van der Waals surface area contributed by atoms with Crippen molar-refractivity contribution in [1.29, 1.82) is 0 Å². The third-order valence-corrected chi connectivity index (χ3v) is 4.89. The van der Waals surface area contributed by atoms with Crippen LogP contribution in [0, 0.1) is 13.8 Å². The number of methoxy groups -OCH3 is 2. The highest BCUT2D eigenvalue weighted by atomic mass is 32.1. The lowest BCUT2D eigenvalue weighted by Crippen LogP contribution is -2.19. The van der Waals surface area contributed by atoms with Crippen molar-refractivity contribution in [2.24, 2.45) is 0 Å². The number of carbonyl (C=O) groups excluding carboxylic acids is 1. The molecule has 2 aromatic carbocycles. The van der Waals surface area contributed by atoms with E-state index in [-0.39, 0.29) is 6.03 Å². The van der Waals surface area contributed by atoms with Crippen LogP contribution >= 0.6 is 11.3 Å². The van der Waals surface area contributed by atoms with Gasteiger partial charge >= 0.3 is 6.03 Å². The van der Waals surface area contributed by atoms with Gasteiger partial charge in [-0.2, -0.15) is 0 Å². The van der Waals surface area contributed by atoms with Crippen LogP contribution in [0.4, 0.5) is 15.6 Å². The minimum absolute atomic E-state index is 0.383. The van der Waals surface area contributed by atoms with E-state index in [0.717, 1.165) is 11.3 Å². The maximum absolute atomic E-state index is 12.3. The van der Waals surface area contributed by atoms with Gasteiger partial charge in [-0.1, -0.05) is 12.1 Å². The molecule has 3 rings (SSSR count). The number of aryl methyl sites for hydroxylation is 2. The van der Waals surface area contributed by atoms with Gasteiger partial charge in [-0.05, 0) is 31.0 Å². The molecule has 0 atom stereocenters. The highest BCUT2D eigenvalue weighted by Gasteiger charge is 2.10. The molecule has 0 saturated heterocycles. The lowest BCUT2D eigenvalue weighted by Gasteiger charge is -2.09. The first-order chi connectivity index (χ1) is 13.0. The fourth-order valence-electron chi connectivity index (χ4n) is 2.50. The first-order valence-corrected chi connectivity index (χ1v) is 9.20. The van der Waals surface area contributed by atoms with E-state index in [1.165, 1.54) is 22.5 Å². The van der Waals surface area contributed by atoms with Gasteiger partial charge in [0.05, 0.1) is 19.9 Å². The maximum Gasteiger partial charge on any atom is 0.325 e. The number of nitrogens with one attached hydrogen (secondary N) is 2. The Kier molecular flexibility index (Phi) is 5.61. The van der Waals surface area contributed by atoms with Crippen molar-refractivity contribution in [2.45, 2.75) is 13.8 Å². The largest absolute Gasteiger partial charge is 0.497 e. The summed E-state index contributed by atoms with van der Waals surface area (Å²) in [4.78, 5) is 16.8. The van der Waals surface area contributed by atoms with Crippen molar-refractivity contribution in [3.8, 4) is 22.8 Å². The SMILES string of the molecule is COc1cc(NC(=O)Nc2nc(-c3ccc(C)c(C)c3)cs2)cc(OC)c1. The number of thiazole rings is 1. The molecule has 0 unspecified atom stereocenters. The molecular formula is C20H21N3O3S. The smallest absolute Gasteiger partial charge is 0.325 e. The van der Waals surface area contributed by atoms with Crippen LogP contribution in [0.2, 0.25) is 0 Å². The number of anilines is 2. The third-order valence-electron chi connectivity index (χ3n) is 4.14. The van der Waals surface area contributed by atoms with Crippen molar-refractivity contribution in [2.75, 3.05) is 24.9 Å². The molecule has 0 bridgehead atoms. The molecule has 0 aliphatic rings. The van der Waals surface area contributed by atoms with Crippen molar-refractivity contribution >= 4 is 28.2 Å². The molecule has 2 amide bonds. The Morgan fingerprint density at radius 3 is 2.30 bits per heavy atom. The van der Waals surface area contributed by atoms with Crippen LogP contribution in [0.5, 0.6) is 11.5 Å². The van der Waals surface area contributed by atoms with Gasteiger partial charge < -0.3 is 14.8 Å². The lowest BCUT2D eigenvalue weighted by atomic mass is 10.1. The average molecular weight is 383 g/mol. The summed E-state index contributed by atoms with van der Waals surface area (Å²) in [6, 6.07) is 11.0. The van der Waals surface area contributed by atoms with Gasteiger partial charge in [-0.3, -0.25) is 5.32 Å². The van der Waals surface area contributed by atoms with Gasteiger partial charge in [-0.15, -0.1) is 11.3 Å². The number of nitrogens with zero attached hydrogens (tertiary/aromatic N) is 1. The van der Waals surface area contributed by atoms with Gasteiger partial charge in [0.1, 0.15) is 11.5 Å². The van der Waals surface area contributed by atoms with Crippen molar-refractivity contribution in [1.82, 2.24) is 4.98 Å². The second-order valence-corrected chi connectivity index (χ2v) is 6.88. The molecule has 0 fully saturated rings. The molecule has 140 valence electrons. The molecule has 2 N–H and O–H groups in total. The summed E-state index contributed by atoms with van der Waals surface area (Å²) < 4.78 is 10.4. The van der Waals surface area contributed by atoms with E-state index in [1.807, 2.05) is 11.4 Å². The first kappa shape index (κ1) is 18.7.